The van der Waals surface area contributed by atoms with Gasteiger partial charge in [-0.3, -0.25) is 0 Å². The third-order valence-corrected chi connectivity index (χ3v) is 3.01. The second-order valence-electron chi connectivity index (χ2n) is 4.16. The Morgan fingerprint density at radius 3 is 1.50 bits per heavy atom. The zero-order chi connectivity index (χ0) is 14.1. The highest BCUT2D eigenvalue weighted by Crippen LogP contribution is 2.32. The molecule has 0 spiro atoms. The first-order valence-corrected chi connectivity index (χ1v) is 5.47. The van der Waals surface area contributed by atoms with E-state index >= 15 is 0 Å². The average molecular weight is 266 g/mol. The summed E-state index contributed by atoms with van der Waals surface area (Å²) in [5, 5.41) is 0. The van der Waals surface area contributed by atoms with Crippen LogP contribution in [0.5, 0.6) is 5.75 Å². The van der Waals surface area contributed by atoms with Gasteiger partial charge in [0.1, 0.15) is 0 Å². The smallest absolute Gasteiger partial charge is 0.206 e. The van der Waals surface area contributed by atoms with Crippen molar-refractivity contribution >= 4 is 7.85 Å². The summed E-state index contributed by atoms with van der Waals surface area (Å²) in [5.74, 6) is -11.3. The van der Waals surface area contributed by atoms with Crippen molar-refractivity contribution in [2.75, 3.05) is 0 Å². The van der Waals surface area contributed by atoms with E-state index in [2.05, 4.69) is 0 Å². The van der Waals surface area contributed by atoms with Crippen LogP contribution in [0.3, 0.4) is 0 Å². The van der Waals surface area contributed by atoms with Crippen molar-refractivity contribution in [3.8, 4) is 5.75 Å². The van der Waals surface area contributed by atoms with E-state index in [1.54, 1.807) is 13.8 Å². The minimum Gasteiger partial charge on any atom is -0.491 e. The Hall–Kier alpha value is -1.27. The summed E-state index contributed by atoms with van der Waals surface area (Å²) in [6.45, 7) is 3.38. The van der Waals surface area contributed by atoms with E-state index in [9.17, 15) is 22.0 Å². The predicted molar refractivity (Wildman–Crippen MR) is 58.7 cm³/mol. The zero-order valence-electron chi connectivity index (χ0n) is 10.2. The molecule has 0 saturated carbocycles. The molecule has 100 valence electrons. The quantitative estimate of drug-likeness (QED) is 0.352. The summed E-state index contributed by atoms with van der Waals surface area (Å²) >= 11 is 0. The number of benzene rings is 1. The molecule has 0 atom stereocenters. The van der Waals surface area contributed by atoms with Crippen molar-refractivity contribution in [1.29, 1.82) is 0 Å². The Morgan fingerprint density at radius 2 is 1.17 bits per heavy atom. The molecule has 0 aliphatic carbocycles. The van der Waals surface area contributed by atoms with Gasteiger partial charge in [-0.15, -0.1) is 0 Å². The first-order valence-electron chi connectivity index (χ1n) is 5.47. The van der Waals surface area contributed by atoms with Gasteiger partial charge in [-0.1, -0.05) is 13.8 Å². The van der Waals surface area contributed by atoms with E-state index in [1.165, 1.54) is 7.85 Å². The molecule has 0 radical (unpaired) electrons. The van der Waals surface area contributed by atoms with E-state index < -0.39 is 40.3 Å². The van der Waals surface area contributed by atoms with Gasteiger partial charge >= 0.3 is 0 Å². The Labute approximate surface area is 102 Å². The number of rotatable bonds is 4. The molecule has 1 aromatic carbocycles. The molecular formula is C11H12BF5O. The lowest BCUT2D eigenvalue weighted by atomic mass is 9.77. The van der Waals surface area contributed by atoms with Crippen molar-refractivity contribution in [3.63, 3.8) is 0 Å². The Bertz CT molecular complexity index is 430. The molecule has 0 aliphatic heterocycles. The highest BCUT2D eigenvalue weighted by atomic mass is 19.2. The van der Waals surface area contributed by atoms with Gasteiger partial charge in [-0.05, 0) is 12.8 Å². The minimum absolute atomic E-state index is 0.364. The van der Waals surface area contributed by atoms with Crippen molar-refractivity contribution in [1.82, 2.24) is 0 Å². The number of hydrogen-bond donors (Lipinski definition) is 0. The van der Waals surface area contributed by atoms with Crippen molar-refractivity contribution in [2.45, 2.75) is 32.2 Å². The van der Waals surface area contributed by atoms with Crippen LogP contribution in [0, 0.1) is 29.1 Å². The molecule has 0 fully saturated rings. The lowest BCUT2D eigenvalue weighted by Crippen LogP contribution is -2.36. The molecule has 1 nitrogen and oxygen atoms in total. The number of halogens is 5. The first-order chi connectivity index (χ1) is 8.27. The lowest BCUT2D eigenvalue weighted by molar-refractivity contribution is 0.128. The van der Waals surface area contributed by atoms with E-state index in [4.69, 9.17) is 4.74 Å². The van der Waals surface area contributed by atoms with E-state index in [0.29, 0.717) is 12.8 Å². The summed E-state index contributed by atoms with van der Waals surface area (Å²) in [6.07, 6.45) is 0.728. The van der Waals surface area contributed by atoms with Crippen LogP contribution in [-0.2, 0) is 0 Å². The van der Waals surface area contributed by atoms with Crippen LogP contribution in [0.4, 0.5) is 22.0 Å². The highest BCUT2D eigenvalue weighted by Gasteiger charge is 2.31. The Kier molecular flexibility index (Phi) is 4.24. The fourth-order valence-corrected chi connectivity index (χ4v) is 1.32. The molecule has 0 saturated heterocycles. The molecule has 18 heavy (non-hydrogen) atoms. The van der Waals surface area contributed by atoms with Gasteiger partial charge in [0.2, 0.25) is 29.1 Å². The molecule has 7 heteroatoms. The second kappa shape index (κ2) is 5.16. The molecule has 0 aliphatic rings. The van der Waals surface area contributed by atoms with Crippen LogP contribution >= 0.6 is 0 Å². The zero-order valence-corrected chi connectivity index (χ0v) is 10.2. The van der Waals surface area contributed by atoms with Crippen LogP contribution < -0.4 is 4.74 Å². The molecule has 0 aromatic heterocycles. The molecule has 0 bridgehead atoms. The molecule has 0 heterocycles. The number of ether oxygens (including phenoxy) is 1. The van der Waals surface area contributed by atoms with Gasteiger partial charge in [0.05, 0.1) is 5.50 Å². The summed E-state index contributed by atoms with van der Waals surface area (Å²) in [5.41, 5.74) is -0.988. The van der Waals surface area contributed by atoms with Crippen molar-refractivity contribution < 1.29 is 26.7 Å². The Balaban J connectivity index is 3.34. The standard InChI is InChI=1S/C11H12BF5O/c1-3-11(12,4-2)18-10-8(16)6(14)5(13)7(15)9(10)17/h3-4,12H2,1-2H3. The third-order valence-electron chi connectivity index (χ3n) is 3.01. The van der Waals surface area contributed by atoms with Crippen LogP contribution in [-0.4, -0.2) is 13.3 Å². The molecule has 0 amide bonds. The normalized spacial score (nSPS) is 11.7. The summed E-state index contributed by atoms with van der Waals surface area (Å²) in [7, 11) is 1.53. The van der Waals surface area contributed by atoms with Crippen LogP contribution in [0.1, 0.15) is 26.7 Å². The fourth-order valence-electron chi connectivity index (χ4n) is 1.32. The minimum atomic E-state index is -2.19. The fraction of sp³-hybridized carbons (Fsp3) is 0.455. The Morgan fingerprint density at radius 1 is 0.833 bits per heavy atom. The summed E-state index contributed by atoms with van der Waals surface area (Å²) in [6, 6.07) is 0. The number of hydrogen-bond acceptors (Lipinski definition) is 1. The largest absolute Gasteiger partial charge is 0.491 e. The predicted octanol–water partition coefficient (Wildman–Crippen LogP) is 2.91. The maximum atomic E-state index is 13.4. The second-order valence-corrected chi connectivity index (χ2v) is 4.16. The van der Waals surface area contributed by atoms with Crippen LogP contribution in [0.15, 0.2) is 0 Å². The lowest BCUT2D eigenvalue weighted by Gasteiger charge is -2.29. The highest BCUT2D eigenvalue weighted by molar-refractivity contribution is 6.14. The van der Waals surface area contributed by atoms with E-state index in [1.807, 2.05) is 0 Å². The molecule has 0 unspecified atom stereocenters. The summed E-state index contributed by atoms with van der Waals surface area (Å²) < 4.78 is 70.4. The molecule has 1 rings (SSSR count). The average Bonchev–Trinajstić information content (AvgIpc) is 2.39. The van der Waals surface area contributed by atoms with Crippen LogP contribution in [0.2, 0.25) is 0 Å². The van der Waals surface area contributed by atoms with Gasteiger partial charge in [0.25, 0.3) is 0 Å². The first kappa shape index (κ1) is 14.8. The van der Waals surface area contributed by atoms with Gasteiger partial charge in [-0.25, -0.2) is 13.2 Å². The van der Waals surface area contributed by atoms with Crippen molar-refractivity contribution in [2.24, 2.45) is 0 Å². The van der Waals surface area contributed by atoms with Gasteiger partial charge < -0.3 is 4.74 Å². The van der Waals surface area contributed by atoms with Crippen molar-refractivity contribution in [3.05, 3.63) is 29.1 Å². The maximum Gasteiger partial charge on any atom is 0.206 e. The van der Waals surface area contributed by atoms with Gasteiger partial charge in [-0.2, -0.15) is 8.78 Å². The molecular weight excluding hydrogens is 254 g/mol. The van der Waals surface area contributed by atoms with Gasteiger partial charge in [0.15, 0.2) is 13.6 Å². The topological polar surface area (TPSA) is 9.23 Å². The van der Waals surface area contributed by atoms with E-state index in [0.717, 1.165) is 0 Å². The maximum absolute atomic E-state index is 13.4. The monoisotopic (exact) mass is 266 g/mol. The van der Waals surface area contributed by atoms with Gasteiger partial charge in [0, 0.05) is 0 Å². The van der Waals surface area contributed by atoms with E-state index in [-0.39, 0.29) is 0 Å². The molecule has 1 aromatic rings. The third kappa shape index (κ3) is 2.44. The molecule has 0 N–H and O–H groups in total. The summed E-state index contributed by atoms with van der Waals surface area (Å²) in [4.78, 5) is 0. The van der Waals surface area contributed by atoms with Crippen LogP contribution in [0.25, 0.3) is 0 Å². The SMILES string of the molecule is BC(CC)(CC)Oc1c(F)c(F)c(F)c(F)c1F.